The molecule has 1 heterocycles. The number of benzene rings is 1. The van der Waals surface area contributed by atoms with Crippen LogP contribution in [0, 0.1) is 0 Å². The van der Waals surface area contributed by atoms with Crippen molar-refractivity contribution < 1.29 is 8.42 Å². The van der Waals surface area contributed by atoms with E-state index in [-0.39, 0.29) is 11.8 Å². The van der Waals surface area contributed by atoms with E-state index in [1.807, 2.05) is 19.2 Å². The first-order chi connectivity index (χ1) is 8.93. The SMILES string of the molecule is CN(c1ccc(Br)cc1CCN)C1CCS(=O)(=O)C1. The van der Waals surface area contributed by atoms with Gasteiger partial charge in [-0.15, -0.1) is 0 Å². The Morgan fingerprint density at radius 2 is 2.21 bits per heavy atom. The van der Waals surface area contributed by atoms with Gasteiger partial charge in [0, 0.05) is 23.2 Å². The summed E-state index contributed by atoms with van der Waals surface area (Å²) in [5.41, 5.74) is 7.88. The molecule has 1 aromatic rings. The molecule has 1 unspecified atom stereocenters. The molecule has 0 saturated carbocycles. The number of rotatable bonds is 4. The van der Waals surface area contributed by atoms with Gasteiger partial charge in [-0.05, 0) is 43.1 Å². The Morgan fingerprint density at radius 3 is 2.79 bits per heavy atom. The van der Waals surface area contributed by atoms with Crippen LogP contribution in [0.1, 0.15) is 12.0 Å². The molecule has 0 spiro atoms. The largest absolute Gasteiger partial charge is 0.370 e. The zero-order valence-electron chi connectivity index (χ0n) is 11.0. The predicted octanol–water partition coefficient (Wildman–Crippen LogP) is 1.57. The van der Waals surface area contributed by atoms with Gasteiger partial charge >= 0.3 is 0 Å². The lowest BCUT2D eigenvalue weighted by Gasteiger charge is -2.28. The fourth-order valence-electron chi connectivity index (χ4n) is 2.53. The van der Waals surface area contributed by atoms with Crippen molar-refractivity contribution in [3.8, 4) is 0 Å². The van der Waals surface area contributed by atoms with Crippen LogP contribution in [0.4, 0.5) is 5.69 Å². The summed E-state index contributed by atoms with van der Waals surface area (Å²) in [6, 6.07) is 6.14. The molecule has 6 heteroatoms. The van der Waals surface area contributed by atoms with Crippen LogP contribution >= 0.6 is 15.9 Å². The van der Waals surface area contributed by atoms with E-state index in [0.717, 1.165) is 22.1 Å². The fraction of sp³-hybridized carbons (Fsp3) is 0.538. The van der Waals surface area contributed by atoms with Gasteiger partial charge < -0.3 is 10.6 Å². The number of hydrogen-bond acceptors (Lipinski definition) is 4. The molecule has 0 amide bonds. The van der Waals surface area contributed by atoms with Crippen LogP contribution in [-0.4, -0.2) is 39.6 Å². The van der Waals surface area contributed by atoms with Gasteiger partial charge in [-0.3, -0.25) is 0 Å². The summed E-state index contributed by atoms with van der Waals surface area (Å²) < 4.78 is 24.2. The number of anilines is 1. The molecule has 0 aromatic heterocycles. The number of nitrogens with zero attached hydrogens (tertiary/aromatic N) is 1. The number of sulfone groups is 1. The molecule has 1 atom stereocenters. The monoisotopic (exact) mass is 346 g/mol. The Kier molecular flexibility index (Phi) is 4.53. The number of nitrogens with two attached hydrogens (primary N) is 1. The van der Waals surface area contributed by atoms with Crippen molar-refractivity contribution in [2.24, 2.45) is 5.73 Å². The van der Waals surface area contributed by atoms with Gasteiger partial charge in [0.05, 0.1) is 11.5 Å². The average Bonchev–Trinajstić information content (AvgIpc) is 2.70. The maximum Gasteiger partial charge on any atom is 0.152 e. The third-order valence-corrected chi connectivity index (χ3v) is 5.83. The molecule has 4 nitrogen and oxygen atoms in total. The van der Waals surface area contributed by atoms with E-state index in [1.165, 1.54) is 0 Å². The molecule has 1 aliphatic heterocycles. The maximum atomic E-state index is 11.6. The molecule has 19 heavy (non-hydrogen) atoms. The van der Waals surface area contributed by atoms with Crippen molar-refractivity contribution in [3.63, 3.8) is 0 Å². The number of halogens is 1. The quantitative estimate of drug-likeness (QED) is 0.898. The zero-order valence-corrected chi connectivity index (χ0v) is 13.4. The smallest absolute Gasteiger partial charge is 0.152 e. The molecular weight excluding hydrogens is 328 g/mol. The van der Waals surface area contributed by atoms with Crippen LogP contribution in [0.25, 0.3) is 0 Å². The normalized spacial score (nSPS) is 21.5. The summed E-state index contributed by atoms with van der Waals surface area (Å²) >= 11 is 3.46. The summed E-state index contributed by atoms with van der Waals surface area (Å²) in [7, 11) is -0.890. The Labute approximate surface area is 123 Å². The second-order valence-electron chi connectivity index (χ2n) is 4.98. The zero-order chi connectivity index (χ0) is 14.0. The van der Waals surface area contributed by atoms with Crippen molar-refractivity contribution in [1.82, 2.24) is 0 Å². The summed E-state index contributed by atoms with van der Waals surface area (Å²) in [5.74, 6) is 0.548. The minimum atomic E-state index is -2.86. The van der Waals surface area contributed by atoms with Gasteiger partial charge in [0.25, 0.3) is 0 Å². The minimum Gasteiger partial charge on any atom is -0.370 e. The molecule has 0 bridgehead atoms. The van der Waals surface area contributed by atoms with E-state index in [1.54, 1.807) is 0 Å². The van der Waals surface area contributed by atoms with Crippen molar-refractivity contribution >= 4 is 31.5 Å². The molecule has 2 rings (SSSR count). The first-order valence-electron chi connectivity index (χ1n) is 6.35. The highest BCUT2D eigenvalue weighted by atomic mass is 79.9. The first kappa shape index (κ1) is 14.8. The lowest BCUT2D eigenvalue weighted by Crippen LogP contribution is -2.33. The first-order valence-corrected chi connectivity index (χ1v) is 8.96. The van der Waals surface area contributed by atoms with E-state index in [4.69, 9.17) is 5.73 Å². The summed E-state index contributed by atoms with van der Waals surface area (Å²) in [4.78, 5) is 2.09. The summed E-state index contributed by atoms with van der Waals surface area (Å²) in [5, 5.41) is 0. The lowest BCUT2D eigenvalue weighted by atomic mass is 10.1. The van der Waals surface area contributed by atoms with Crippen LogP contribution in [-0.2, 0) is 16.3 Å². The van der Waals surface area contributed by atoms with Gasteiger partial charge in [0.1, 0.15) is 0 Å². The molecule has 1 aliphatic rings. The second-order valence-corrected chi connectivity index (χ2v) is 8.12. The Morgan fingerprint density at radius 1 is 1.47 bits per heavy atom. The van der Waals surface area contributed by atoms with Crippen LogP contribution < -0.4 is 10.6 Å². The molecule has 1 aromatic carbocycles. The third-order valence-electron chi connectivity index (χ3n) is 3.59. The van der Waals surface area contributed by atoms with E-state index >= 15 is 0 Å². The minimum absolute atomic E-state index is 0.0719. The molecule has 0 radical (unpaired) electrons. The predicted molar refractivity (Wildman–Crippen MR) is 82.4 cm³/mol. The molecular formula is C13H19BrN2O2S. The van der Waals surface area contributed by atoms with Gasteiger partial charge in [0.15, 0.2) is 9.84 Å². The van der Waals surface area contributed by atoms with E-state index in [9.17, 15) is 8.42 Å². The van der Waals surface area contributed by atoms with Crippen molar-refractivity contribution in [2.75, 3.05) is 30.0 Å². The van der Waals surface area contributed by atoms with Gasteiger partial charge in [-0.2, -0.15) is 0 Å². The highest BCUT2D eigenvalue weighted by molar-refractivity contribution is 9.10. The van der Waals surface area contributed by atoms with E-state index < -0.39 is 9.84 Å². The van der Waals surface area contributed by atoms with E-state index in [2.05, 4.69) is 26.9 Å². The second kappa shape index (κ2) is 5.81. The maximum absolute atomic E-state index is 11.6. The third kappa shape index (κ3) is 3.49. The summed E-state index contributed by atoms with van der Waals surface area (Å²) in [6.07, 6.45) is 1.50. The Balaban J connectivity index is 2.26. The topological polar surface area (TPSA) is 63.4 Å². The molecule has 1 saturated heterocycles. The summed E-state index contributed by atoms with van der Waals surface area (Å²) in [6.45, 7) is 0.584. The molecule has 1 fully saturated rings. The van der Waals surface area contributed by atoms with Crippen molar-refractivity contribution in [2.45, 2.75) is 18.9 Å². The molecule has 0 aliphatic carbocycles. The standard InChI is InChI=1S/C13H19BrN2O2S/c1-16(12-5-7-19(17,18)9-12)13-3-2-11(14)8-10(13)4-6-15/h2-3,8,12H,4-7,9,15H2,1H3. The Hall–Kier alpha value is -0.590. The van der Waals surface area contributed by atoms with Crippen LogP contribution in [0.5, 0.6) is 0 Å². The average molecular weight is 347 g/mol. The highest BCUT2D eigenvalue weighted by Crippen LogP contribution is 2.28. The van der Waals surface area contributed by atoms with Crippen LogP contribution in [0.2, 0.25) is 0 Å². The highest BCUT2D eigenvalue weighted by Gasteiger charge is 2.31. The van der Waals surface area contributed by atoms with Gasteiger partial charge in [-0.1, -0.05) is 15.9 Å². The van der Waals surface area contributed by atoms with Gasteiger partial charge in [0.2, 0.25) is 0 Å². The fourth-order valence-corrected chi connectivity index (χ4v) is 4.71. The van der Waals surface area contributed by atoms with E-state index in [0.29, 0.717) is 18.7 Å². The molecule has 106 valence electrons. The van der Waals surface area contributed by atoms with Crippen LogP contribution in [0.15, 0.2) is 22.7 Å². The number of hydrogen-bond donors (Lipinski definition) is 1. The Bertz CT molecular complexity index is 560. The van der Waals surface area contributed by atoms with Crippen LogP contribution in [0.3, 0.4) is 0 Å². The van der Waals surface area contributed by atoms with Crippen molar-refractivity contribution in [1.29, 1.82) is 0 Å². The molecule has 2 N–H and O–H groups in total. The lowest BCUT2D eigenvalue weighted by molar-refractivity contribution is 0.600. The van der Waals surface area contributed by atoms with Crippen molar-refractivity contribution in [3.05, 3.63) is 28.2 Å². The van der Waals surface area contributed by atoms with Gasteiger partial charge in [-0.25, -0.2) is 8.42 Å².